The molecule has 0 aromatic carbocycles. The molecular formula is C11H20N6O. The summed E-state index contributed by atoms with van der Waals surface area (Å²) in [6.07, 6.45) is 4.02. The number of carbonyl (C=O) groups is 1. The molecule has 0 radical (unpaired) electrons. The van der Waals surface area contributed by atoms with E-state index in [1.807, 2.05) is 0 Å². The number of likely N-dealkylation sites (tertiary alicyclic amines) is 1. The van der Waals surface area contributed by atoms with Crippen molar-refractivity contribution in [3.8, 4) is 0 Å². The Hall–Kier alpha value is -1.50. The quantitative estimate of drug-likeness (QED) is 0.766. The van der Waals surface area contributed by atoms with Gasteiger partial charge in [0.1, 0.15) is 0 Å². The SMILES string of the molecule is CN1CCC[C@H](CCC(=O)NCc2nn[nH]n2)C1. The van der Waals surface area contributed by atoms with Gasteiger partial charge in [0.15, 0.2) is 5.82 Å². The zero-order valence-electron chi connectivity index (χ0n) is 10.7. The number of H-pyrrole nitrogens is 1. The highest BCUT2D eigenvalue weighted by Crippen LogP contribution is 2.19. The fourth-order valence-electron chi connectivity index (χ4n) is 2.37. The first-order chi connectivity index (χ1) is 8.74. The monoisotopic (exact) mass is 252 g/mol. The van der Waals surface area contributed by atoms with Gasteiger partial charge >= 0.3 is 0 Å². The van der Waals surface area contributed by atoms with E-state index in [4.69, 9.17) is 0 Å². The molecule has 1 fully saturated rings. The Morgan fingerprint density at radius 1 is 1.61 bits per heavy atom. The maximum Gasteiger partial charge on any atom is 0.220 e. The largest absolute Gasteiger partial charge is 0.349 e. The fourth-order valence-corrected chi connectivity index (χ4v) is 2.37. The van der Waals surface area contributed by atoms with Crippen LogP contribution in [0.15, 0.2) is 0 Å². The van der Waals surface area contributed by atoms with Crippen molar-refractivity contribution in [2.24, 2.45) is 5.92 Å². The first-order valence-corrected chi connectivity index (χ1v) is 6.41. The van der Waals surface area contributed by atoms with E-state index in [9.17, 15) is 4.79 Å². The summed E-state index contributed by atoms with van der Waals surface area (Å²) in [5.41, 5.74) is 0. The van der Waals surface area contributed by atoms with Crippen LogP contribution in [0.25, 0.3) is 0 Å². The van der Waals surface area contributed by atoms with E-state index in [0.29, 0.717) is 24.7 Å². The lowest BCUT2D eigenvalue weighted by Gasteiger charge is -2.29. The van der Waals surface area contributed by atoms with Crippen LogP contribution in [0.1, 0.15) is 31.5 Å². The van der Waals surface area contributed by atoms with Gasteiger partial charge in [-0.15, -0.1) is 10.2 Å². The zero-order chi connectivity index (χ0) is 12.8. The van der Waals surface area contributed by atoms with Gasteiger partial charge in [0.05, 0.1) is 6.54 Å². The lowest BCUT2D eigenvalue weighted by atomic mass is 9.93. The molecule has 1 aromatic heterocycles. The molecule has 0 aliphatic carbocycles. The highest BCUT2D eigenvalue weighted by molar-refractivity contribution is 5.75. The average molecular weight is 252 g/mol. The second-order valence-corrected chi connectivity index (χ2v) is 4.91. The van der Waals surface area contributed by atoms with Gasteiger partial charge in [-0.1, -0.05) is 5.21 Å². The molecule has 2 heterocycles. The number of amides is 1. The number of aromatic nitrogens is 4. The van der Waals surface area contributed by atoms with Crippen LogP contribution in [0.2, 0.25) is 0 Å². The molecule has 1 saturated heterocycles. The van der Waals surface area contributed by atoms with Gasteiger partial charge in [0.2, 0.25) is 5.91 Å². The second kappa shape index (κ2) is 6.44. The molecule has 1 aromatic rings. The van der Waals surface area contributed by atoms with Gasteiger partial charge in [0.25, 0.3) is 0 Å². The molecule has 7 heteroatoms. The van der Waals surface area contributed by atoms with E-state index in [0.717, 1.165) is 13.0 Å². The van der Waals surface area contributed by atoms with Gasteiger partial charge in [0, 0.05) is 13.0 Å². The molecule has 0 saturated carbocycles. The summed E-state index contributed by atoms with van der Waals surface area (Å²) >= 11 is 0. The first kappa shape index (κ1) is 12.9. The topological polar surface area (TPSA) is 86.8 Å². The second-order valence-electron chi connectivity index (χ2n) is 4.91. The average Bonchev–Trinajstić information content (AvgIpc) is 2.87. The van der Waals surface area contributed by atoms with Crippen LogP contribution >= 0.6 is 0 Å². The highest BCUT2D eigenvalue weighted by atomic mass is 16.1. The minimum atomic E-state index is 0.0630. The van der Waals surface area contributed by atoms with Gasteiger partial charge in [-0.05, 0) is 38.8 Å². The Morgan fingerprint density at radius 2 is 2.50 bits per heavy atom. The number of aromatic amines is 1. The lowest BCUT2D eigenvalue weighted by Crippen LogP contribution is -2.33. The molecule has 2 N–H and O–H groups in total. The van der Waals surface area contributed by atoms with Crippen LogP contribution < -0.4 is 5.32 Å². The fraction of sp³-hybridized carbons (Fsp3) is 0.818. The summed E-state index contributed by atoms with van der Waals surface area (Å²) in [5, 5.41) is 16.1. The normalized spacial score (nSPS) is 20.8. The van der Waals surface area contributed by atoms with Crippen LogP contribution in [0.5, 0.6) is 0 Å². The van der Waals surface area contributed by atoms with Crippen molar-refractivity contribution in [2.75, 3.05) is 20.1 Å². The molecule has 1 atom stereocenters. The van der Waals surface area contributed by atoms with Crippen LogP contribution in [-0.2, 0) is 11.3 Å². The Balaban J connectivity index is 1.62. The van der Waals surface area contributed by atoms with Crippen molar-refractivity contribution >= 4 is 5.91 Å². The molecule has 0 spiro atoms. The van der Waals surface area contributed by atoms with E-state index < -0.39 is 0 Å². The predicted octanol–water partition coefficient (Wildman–Crippen LogP) is -0.0621. The molecule has 100 valence electrons. The minimum absolute atomic E-state index is 0.0630. The molecule has 1 aliphatic heterocycles. The molecule has 1 aliphatic rings. The van der Waals surface area contributed by atoms with Crippen LogP contribution in [0.4, 0.5) is 0 Å². The minimum Gasteiger partial charge on any atom is -0.349 e. The van der Waals surface area contributed by atoms with E-state index >= 15 is 0 Å². The Labute approximate surface area is 106 Å². The lowest BCUT2D eigenvalue weighted by molar-refractivity contribution is -0.121. The van der Waals surface area contributed by atoms with Crippen molar-refractivity contribution in [3.05, 3.63) is 5.82 Å². The summed E-state index contributed by atoms with van der Waals surface area (Å²) in [5.74, 6) is 1.23. The third-order valence-electron chi connectivity index (χ3n) is 3.33. The van der Waals surface area contributed by atoms with Crippen molar-refractivity contribution in [1.29, 1.82) is 0 Å². The molecule has 7 nitrogen and oxygen atoms in total. The molecule has 0 bridgehead atoms. The molecule has 18 heavy (non-hydrogen) atoms. The van der Waals surface area contributed by atoms with E-state index in [-0.39, 0.29) is 5.91 Å². The van der Waals surface area contributed by atoms with Crippen molar-refractivity contribution in [3.63, 3.8) is 0 Å². The third kappa shape index (κ3) is 4.06. The van der Waals surface area contributed by atoms with E-state index in [1.54, 1.807) is 0 Å². The van der Waals surface area contributed by atoms with Gasteiger partial charge in [-0.25, -0.2) is 0 Å². The number of rotatable bonds is 5. The van der Waals surface area contributed by atoms with Gasteiger partial charge in [-0.3, -0.25) is 4.79 Å². The number of tetrazole rings is 1. The van der Waals surface area contributed by atoms with E-state index in [1.165, 1.54) is 19.4 Å². The van der Waals surface area contributed by atoms with Crippen LogP contribution in [-0.4, -0.2) is 51.6 Å². The highest BCUT2D eigenvalue weighted by Gasteiger charge is 2.17. The molecule has 2 rings (SSSR count). The summed E-state index contributed by atoms with van der Waals surface area (Å²) in [4.78, 5) is 14.0. The summed E-state index contributed by atoms with van der Waals surface area (Å²) < 4.78 is 0. The summed E-state index contributed by atoms with van der Waals surface area (Å²) in [7, 11) is 2.14. The molecule has 0 unspecified atom stereocenters. The van der Waals surface area contributed by atoms with Crippen LogP contribution in [0, 0.1) is 5.92 Å². The third-order valence-corrected chi connectivity index (χ3v) is 3.33. The number of piperidine rings is 1. The number of hydrogen-bond donors (Lipinski definition) is 2. The number of nitrogens with zero attached hydrogens (tertiary/aromatic N) is 4. The predicted molar refractivity (Wildman–Crippen MR) is 65.5 cm³/mol. The Morgan fingerprint density at radius 3 is 3.22 bits per heavy atom. The number of hydrogen-bond acceptors (Lipinski definition) is 5. The molecule has 1 amide bonds. The Kier molecular flexibility index (Phi) is 4.63. The standard InChI is InChI=1S/C11H20N6O/c1-17-6-2-3-9(8-17)4-5-11(18)12-7-10-13-15-16-14-10/h9H,2-8H2,1H3,(H,12,18)(H,13,14,15,16)/t9-/m1/s1. The number of carbonyl (C=O) groups excluding carboxylic acids is 1. The van der Waals surface area contributed by atoms with Crippen molar-refractivity contribution < 1.29 is 4.79 Å². The van der Waals surface area contributed by atoms with E-state index in [2.05, 4.69) is 37.9 Å². The first-order valence-electron chi connectivity index (χ1n) is 6.41. The number of nitrogens with one attached hydrogen (secondary N) is 2. The smallest absolute Gasteiger partial charge is 0.220 e. The van der Waals surface area contributed by atoms with Gasteiger partial charge in [-0.2, -0.15) is 5.21 Å². The van der Waals surface area contributed by atoms with Crippen LogP contribution in [0.3, 0.4) is 0 Å². The zero-order valence-corrected chi connectivity index (χ0v) is 10.7. The van der Waals surface area contributed by atoms with Gasteiger partial charge < -0.3 is 10.2 Å². The Bertz CT molecular complexity index is 366. The molecular weight excluding hydrogens is 232 g/mol. The van der Waals surface area contributed by atoms with Crippen molar-refractivity contribution in [2.45, 2.75) is 32.2 Å². The maximum absolute atomic E-state index is 11.7. The summed E-state index contributed by atoms with van der Waals surface area (Å²) in [6.45, 7) is 2.64. The summed E-state index contributed by atoms with van der Waals surface area (Å²) in [6, 6.07) is 0. The maximum atomic E-state index is 11.7. The van der Waals surface area contributed by atoms with Crippen molar-refractivity contribution in [1.82, 2.24) is 30.8 Å².